The number of hydrogen-bond donors (Lipinski definition) is 1. The number of fused-ring (bicyclic) bond motifs is 1. The number of hydrogen-bond acceptors (Lipinski definition) is 5. The molecular formula is C21H27N3O3S. The van der Waals surface area contributed by atoms with Gasteiger partial charge >= 0.3 is 0 Å². The summed E-state index contributed by atoms with van der Waals surface area (Å²) in [5, 5.41) is 3.51. The van der Waals surface area contributed by atoms with Crippen LogP contribution in [0.1, 0.15) is 32.6 Å². The number of rotatable bonds is 6. The van der Waals surface area contributed by atoms with Crippen molar-refractivity contribution >= 4 is 21.5 Å². The van der Waals surface area contributed by atoms with E-state index in [2.05, 4.69) is 10.3 Å². The minimum absolute atomic E-state index is 0.203. The van der Waals surface area contributed by atoms with Crippen molar-refractivity contribution in [3.63, 3.8) is 0 Å². The molecule has 2 heterocycles. The standard InChI is InChI=1S/C21H27N3O3S/c1-2-24(16-7-4-3-5-8-16)28(25,26)17-11-12-21(22-15-17)23-19-9-6-10-20-18(19)13-14-27-20/h3-5,7-8,11-12,15,18-20H,2,6,9-10,13-14H2,1H3,(H,22,23). The Labute approximate surface area is 167 Å². The average molecular weight is 402 g/mol. The Bertz CT molecular complexity index is 887. The third-order valence-electron chi connectivity index (χ3n) is 5.77. The molecular weight excluding hydrogens is 374 g/mol. The van der Waals surface area contributed by atoms with Gasteiger partial charge in [-0.15, -0.1) is 0 Å². The molecule has 3 unspecified atom stereocenters. The van der Waals surface area contributed by atoms with Crippen molar-refractivity contribution in [2.45, 2.75) is 49.6 Å². The maximum Gasteiger partial charge on any atom is 0.265 e. The Balaban J connectivity index is 1.51. The Morgan fingerprint density at radius 1 is 1.14 bits per heavy atom. The molecule has 1 aromatic carbocycles. The highest BCUT2D eigenvalue weighted by Gasteiger charge is 2.37. The number of ether oxygens (including phenoxy) is 1. The van der Waals surface area contributed by atoms with E-state index in [1.807, 2.05) is 25.1 Å². The molecule has 0 bridgehead atoms. The summed E-state index contributed by atoms with van der Waals surface area (Å²) in [5.74, 6) is 1.24. The van der Waals surface area contributed by atoms with Gasteiger partial charge in [-0.25, -0.2) is 13.4 Å². The molecule has 3 atom stereocenters. The second kappa shape index (κ2) is 8.09. The van der Waals surface area contributed by atoms with Gasteiger partial charge < -0.3 is 10.1 Å². The lowest BCUT2D eigenvalue weighted by Crippen LogP contribution is -2.38. The number of pyridine rings is 1. The smallest absolute Gasteiger partial charge is 0.265 e. The molecule has 6 nitrogen and oxygen atoms in total. The topological polar surface area (TPSA) is 71.5 Å². The molecule has 1 aromatic heterocycles. The molecule has 0 spiro atoms. The monoisotopic (exact) mass is 401 g/mol. The summed E-state index contributed by atoms with van der Waals surface area (Å²) >= 11 is 0. The van der Waals surface area contributed by atoms with Crippen LogP contribution in [0.2, 0.25) is 0 Å². The summed E-state index contributed by atoms with van der Waals surface area (Å²) in [7, 11) is -3.65. The minimum Gasteiger partial charge on any atom is -0.378 e. The minimum atomic E-state index is -3.65. The van der Waals surface area contributed by atoms with Crippen molar-refractivity contribution < 1.29 is 13.2 Å². The predicted octanol–water partition coefficient (Wildman–Crippen LogP) is 3.67. The highest BCUT2D eigenvalue weighted by Crippen LogP contribution is 2.35. The van der Waals surface area contributed by atoms with E-state index in [-0.39, 0.29) is 4.90 Å². The van der Waals surface area contributed by atoms with Crippen LogP contribution in [-0.4, -0.2) is 38.7 Å². The second-order valence-electron chi connectivity index (χ2n) is 7.43. The van der Waals surface area contributed by atoms with Crippen LogP contribution in [0.3, 0.4) is 0 Å². The van der Waals surface area contributed by atoms with Gasteiger partial charge in [-0.05, 0) is 56.9 Å². The van der Waals surface area contributed by atoms with E-state index in [1.54, 1.807) is 24.3 Å². The van der Waals surface area contributed by atoms with E-state index < -0.39 is 10.0 Å². The largest absolute Gasteiger partial charge is 0.378 e. The van der Waals surface area contributed by atoms with Gasteiger partial charge in [-0.1, -0.05) is 18.2 Å². The predicted molar refractivity (Wildman–Crippen MR) is 110 cm³/mol. The van der Waals surface area contributed by atoms with Gasteiger partial charge in [0.1, 0.15) is 10.7 Å². The van der Waals surface area contributed by atoms with Crippen LogP contribution < -0.4 is 9.62 Å². The molecule has 1 aliphatic heterocycles. The first-order valence-corrected chi connectivity index (χ1v) is 11.5. The van der Waals surface area contributed by atoms with E-state index in [0.29, 0.717) is 30.3 Å². The SMILES string of the molecule is CCN(c1ccccc1)S(=O)(=O)c1ccc(NC2CCCC3OCCC23)nc1. The Morgan fingerprint density at radius 2 is 1.96 bits per heavy atom. The molecule has 1 N–H and O–H groups in total. The molecule has 150 valence electrons. The first-order chi connectivity index (χ1) is 13.6. The van der Waals surface area contributed by atoms with Crippen LogP contribution in [0.4, 0.5) is 11.5 Å². The lowest BCUT2D eigenvalue weighted by atomic mass is 9.82. The van der Waals surface area contributed by atoms with Crippen LogP contribution in [-0.2, 0) is 14.8 Å². The van der Waals surface area contributed by atoms with E-state index in [1.165, 1.54) is 10.5 Å². The molecule has 2 aliphatic rings. The summed E-state index contributed by atoms with van der Waals surface area (Å²) in [6, 6.07) is 12.9. The van der Waals surface area contributed by atoms with Gasteiger partial charge in [-0.2, -0.15) is 0 Å². The van der Waals surface area contributed by atoms with Gasteiger partial charge in [0.25, 0.3) is 10.0 Å². The number of nitrogens with zero attached hydrogens (tertiary/aromatic N) is 2. The first-order valence-electron chi connectivity index (χ1n) is 10.0. The molecule has 28 heavy (non-hydrogen) atoms. The summed E-state index contributed by atoms with van der Waals surface area (Å²) < 4.78 is 33.4. The van der Waals surface area contributed by atoms with E-state index in [4.69, 9.17) is 4.74 Å². The first kappa shape index (κ1) is 19.2. The van der Waals surface area contributed by atoms with Gasteiger partial charge in [0.2, 0.25) is 0 Å². The lowest BCUT2D eigenvalue weighted by molar-refractivity contribution is 0.0619. The number of benzene rings is 1. The van der Waals surface area contributed by atoms with E-state index in [0.717, 1.165) is 38.1 Å². The van der Waals surface area contributed by atoms with Gasteiger partial charge in [0.15, 0.2) is 0 Å². The summed E-state index contributed by atoms with van der Waals surface area (Å²) in [6.45, 7) is 3.03. The fourth-order valence-electron chi connectivity index (χ4n) is 4.38. The van der Waals surface area contributed by atoms with Crippen LogP contribution in [0.25, 0.3) is 0 Å². The van der Waals surface area contributed by atoms with Crippen LogP contribution in [0.5, 0.6) is 0 Å². The number of nitrogens with one attached hydrogen (secondary N) is 1. The molecule has 2 fully saturated rings. The number of sulfonamides is 1. The Hall–Kier alpha value is -2.12. The number of aromatic nitrogens is 1. The molecule has 1 saturated heterocycles. The van der Waals surface area contributed by atoms with Crippen LogP contribution >= 0.6 is 0 Å². The second-order valence-corrected chi connectivity index (χ2v) is 9.29. The molecule has 1 saturated carbocycles. The van der Waals surface area contributed by atoms with Crippen LogP contribution in [0.15, 0.2) is 53.6 Å². The van der Waals surface area contributed by atoms with Gasteiger partial charge in [0.05, 0.1) is 11.8 Å². The van der Waals surface area contributed by atoms with Crippen molar-refractivity contribution in [2.24, 2.45) is 5.92 Å². The zero-order valence-electron chi connectivity index (χ0n) is 16.1. The Kier molecular flexibility index (Phi) is 5.55. The average Bonchev–Trinajstić information content (AvgIpc) is 3.20. The molecule has 4 rings (SSSR count). The highest BCUT2D eigenvalue weighted by molar-refractivity contribution is 7.92. The third-order valence-corrected chi connectivity index (χ3v) is 7.66. The lowest BCUT2D eigenvalue weighted by Gasteiger charge is -2.33. The quantitative estimate of drug-likeness (QED) is 0.800. The van der Waals surface area contributed by atoms with E-state index >= 15 is 0 Å². The van der Waals surface area contributed by atoms with Crippen molar-refractivity contribution in [2.75, 3.05) is 22.8 Å². The summed E-state index contributed by atoms with van der Waals surface area (Å²) in [5.41, 5.74) is 0.654. The number of anilines is 2. The molecule has 7 heteroatoms. The third kappa shape index (κ3) is 3.73. The maximum atomic E-state index is 13.1. The fourth-order valence-corrected chi connectivity index (χ4v) is 5.80. The highest BCUT2D eigenvalue weighted by atomic mass is 32.2. The zero-order chi connectivity index (χ0) is 19.6. The van der Waals surface area contributed by atoms with Crippen molar-refractivity contribution in [3.05, 3.63) is 48.7 Å². The van der Waals surface area contributed by atoms with Crippen molar-refractivity contribution in [3.8, 4) is 0 Å². The van der Waals surface area contributed by atoms with Crippen molar-refractivity contribution in [1.29, 1.82) is 0 Å². The zero-order valence-corrected chi connectivity index (χ0v) is 16.9. The number of para-hydroxylation sites is 1. The van der Waals surface area contributed by atoms with Crippen LogP contribution in [0, 0.1) is 5.92 Å². The molecule has 1 aliphatic carbocycles. The fraction of sp³-hybridized carbons (Fsp3) is 0.476. The molecule has 2 aromatic rings. The van der Waals surface area contributed by atoms with Crippen molar-refractivity contribution in [1.82, 2.24) is 4.98 Å². The summed E-state index contributed by atoms with van der Waals surface area (Å²) in [6.07, 6.45) is 6.28. The normalized spacial score (nSPS) is 24.5. The van der Waals surface area contributed by atoms with E-state index in [9.17, 15) is 8.42 Å². The molecule has 0 amide bonds. The van der Waals surface area contributed by atoms with Gasteiger partial charge in [0, 0.05) is 31.3 Å². The maximum absolute atomic E-state index is 13.1. The molecule has 0 radical (unpaired) electrons. The Morgan fingerprint density at radius 3 is 2.68 bits per heavy atom. The summed E-state index contributed by atoms with van der Waals surface area (Å²) in [4.78, 5) is 4.61. The van der Waals surface area contributed by atoms with Gasteiger partial charge in [-0.3, -0.25) is 4.31 Å².